The largest absolute Gasteiger partial charge is 0.272 e. The van der Waals surface area contributed by atoms with Gasteiger partial charge in [0, 0.05) is 32.2 Å². The van der Waals surface area contributed by atoms with Crippen LogP contribution in [0.2, 0.25) is 0 Å². The summed E-state index contributed by atoms with van der Waals surface area (Å²) in [5.74, 6) is 0. The summed E-state index contributed by atoms with van der Waals surface area (Å²) >= 11 is 0. The van der Waals surface area contributed by atoms with Crippen molar-refractivity contribution in [2.24, 2.45) is 7.05 Å². The lowest BCUT2D eigenvalue weighted by molar-refractivity contribution is 0.743. The van der Waals surface area contributed by atoms with Gasteiger partial charge in [-0.25, -0.2) is 0 Å². The van der Waals surface area contributed by atoms with Gasteiger partial charge in [0.2, 0.25) is 0 Å². The Hall–Kier alpha value is -0.790. The third-order valence-electron chi connectivity index (χ3n) is 1.31. The zero-order chi connectivity index (χ0) is 7.02. The van der Waals surface area contributed by atoms with Gasteiger partial charge in [-0.05, 0) is 6.92 Å². The monoisotopic (exact) mass is 120 g/mol. The molecule has 0 aliphatic carbocycles. The van der Waals surface area contributed by atoms with Crippen LogP contribution in [0.3, 0.4) is 0 Å². The Morgan fingerprint density at radius 1 is 1.44 bits per heavy atom. The Kier molecular flexibility index (Phi) is 1.31. The molecule has 1 aromatic rings. The number of rotatable bonds is 0. The highest BCUT2D eigenvalue weighted by atomic mass is 15.3. The molecule has 0 bridgehead atoms. The van der Waals surface area contributed by atoms with Gasteiger partial charge >= 0.3 is 0 Å². The average molecular weight is 120 g/mol. The van der Waals surface area contributed by atoms with Crippen molar-refractivity contribution in [3.63, 3.8) is 0 Å². The van der Waals surface area contributed by atoms with E-state index in [9.17, 15) is 0 Å². The van der Waals surface area contributed by atoms with Crippen molar-refractivity contribution < 1.29 is 0 Å². The number of aromatic nitrogens is 2. The van der Waals surface area contributed by atoms with E-state index in [4.69, 9.17) is 13.8 Å². The lowest BCUT2D eigenvalue weighted by Gasteiger charge is -1.90. The van der Waals surface area contributed by atoms with E-state index in [0.717, 1.165) is 5.69 Å². The van der Waals surface area contributed by atoms with Crippen molar-refractivity contribution in [1.29, 1.82) is 0 Å². The molecule has 2 heteroatoms. The summed E-state index contributed by atoms with van der Waals surface area (Å²) in [4.78, 5) is 0. The van der Waals surface area contributed by atoms with Gasteiger partial charge in [0.05, 0.1) is 5.69 Å². The minimum Gasteiger partial charge on any atom is -0.272 e. The third-order valence-corrected chi connectivity index (χ3v) is 1.31. The molecule has 0 amide bonds. The molecule has 46 valence electrons. The summed E-state index contributed by atoms with van der Waals surface area (Å²) in [5, 5.41) is 3.98. The van der Waals surface area contributed by atoms with Gasteiger partial charge in [-0.3, -0.25) is 4.68 Å². The highest BCUT2D eigenvalue weighted by molar-refractivity contribution is 5.29. The van der Waals surface area contributed by atoms with Crippen LogP contribution in [0.5, 0.6) is 0 Å². The highest BCUT2D eigenvalue weighted by Gasteiger charge is 2.02. The molecule has 0 saturated carbocycles. The van der Waals surface area contributed by atoms with Crippen molar-refractivity contribution in [2.45, 2.75) is 6.92 Å². The second-order valence-corrected chi connectivity index (χ2v) is 2.01. The van der Waals surface area contributed by atoms with Gasteiger partial charge in [-0.1, -0.05) is 0 Å². The minimum absolute atomic E-state index is 0.535. The van der Waals surface area contributed by atoms with Crippen molar-refractivity contribution in [3.05, 3.63) is 30.8 Å². The zero-order valence-corrected chi connectivity index (χ0v) is 5.55. The molecule has 1 heterocycles. The fourth-order valence-corrected chi connectivity index (χ4v) is 0.692. The molecule has 0 atom stereocenters. The summed E-state index contributed by atoms with van der Waals surface area (Å²) in [6, 6.07) is 0. The molecule has 0 fully saturated rings. The number of hydrogen-bond donors (Lipinski definition) is 0. The second kappa shape index (κ2) is 1.87. The fourth-order valence-electron chi connectivity index (χ4n) is 0.692. The molecule has 4 radical (unpaired) electrons. The molecule has 2 nitrogen and oxygen atoms in total. The number of aryl methyl sites for hydroxylation is 2. The molecule has 0 aliphatic heterocycles. The Labute approximate surface area is 55.5 Å². The predicted octanol–water partition coefficient (Wildman–Crippen LogP) is 0.847. The SMILES string of the molecule is [CH]c1c(C)nn(C)c1[CH]. The topological polar surface area (TPSA) is 17.8 Å². The van der Waals surface area contributed by atoms with Gasteiger partial charge in [0.25, 0.3) is 0 Å². The standard InChI is InChI=1S/C7H8N2/c1-5-6(2)8-9(4)7(5)3/h1,3H,2,4H3. The first-order valence-electron chi connectivity index (χ1n) is 2.67. The normalized spacial score (nSPS) is 10.2. The lowest BCUT2D eigenvalue weighted by atomic mass is 10.2. The van der Waals surface area contributed by atoms with E-state index in [0.29, 0.717) is 11.3 Å². The maximum Gasteiger partial charge on any atom is 0.0631 e. The van der Waals surface area contributed by atoms with Crippen molar-refractivity contribution in [3.8, 4) is 0 Å². The molecule has 0 aliphatic rings. The van der Waals surface area contributed by atoms with Crippen LogP contribution in [0.25, 0.3) is 0 Å². The zero-order valence-electron chi connectivity index (χ0n) is 5.55. The Balaban J connectivity index is 3.29. The van der Waals surface area contributed by atoms with E-state index >= 15 is 0 Å². The van der Waals surface area contributed by atoms with Crippen LogP contribution in [0.1, 0.15) is 17.0 Å². The summed E-state index contributed by atoms with van der Waals surface area (Å²) < 4.78 is 1.56. The van der Waals surface area contributed by atoms with Crippen LogP contribution >= 0.6 is 0 Å². The maximum atomic E-state index is 5.49. The summed E-state index contributed by atoms with van der Waals surface area (Å²) in [6.45, 7) is 12.8. The third kappa shape index (κ3) is 0.846. The van der Waals surface area contributed by atoms with Crippen molar-refractivity contribution in [2.75, 3.05) is 0 Å². The molecular formula is C7H8N2. The van der Waals surface area contributed by atoms with E-state index in [-0.39, 0.29) is 0 Å². The Morgan fingerprint density at radius 3 is 2.11 bits per heavy atom. The van der Waals surface area contributed by atoms with E-state index in [2.05, 4.69) is 5.10 Å². The van der Waals surface area contributed by atoms with Crippen molar-refractivity contribution >= 4 is 0 Å². The molecule has 9 heavy (non-hydrogen) atoms. The quantitative estimate of drug-likeness (QED) is 0.496. The highest BCUT2D eigenvalue weighted by Crippen LogP contribution is 2.08. The minimum atomic E-state index is 0.535. The first-order chi connectivity index (χ1) is 4.13. The lowest BCUT2D eigenvalue weighted by Crippen LogP contribution is -1.92. The van der Waals surface area contributed by atoms with E-state index in [1.807, 2.05) is 6.92 Å². The Bertz CT molecular complexity index is 201. The summed E-state index contributed by atoms with van der Waals surface area (Å²) in [7, 11) is 1.76. The van der Waals surface area contributed by atoms with Crippen LogP contribution in [0.15, 0.2) is 0 Å². The van der Waals surface area contributed by atoms with Crippen LogP contribution in [-0.4, -0.2) is 9.78 Å². The van der Waals surface area contributed by atoms with Gasteiger partial charge in [-0.2, -0.15) is 5.10 Å². The molecule has 0 aromatic carbocycles. The van der Waals surface area contributed by atoms with E-state index in [1.54, 1.807) is 11.7 Å². The van der Waals surface area contributed by atoms with Crippen LogP contribution < -0.4 is 0 Å². The predicted molar refractivity (Wildman–Crippen MR) is 34.7 cm³/mol. The fraction of sp³-hybridized carbons (Fsp3) is 0.286. The molecule has 1 rings (SSSR count). The molecule has 0 unspecified atom stereocenters. The Morgan fingerprint density at radius 2 is 2.00 bits per heavy atom. The van der Waals surface area contributed by atoms with Crippen LogP contribution in [0.4, 0.5) is 0 Å². The van der Waals surface area contributed by atoms with E-state index in [1.165, 1.54) is 0 Å². The number of nitrogens with zero attached hydrogens (tertiary/aromatic N) is 2. The second-order valence-electron chi connectivity index (χ2n) is 2.01. The first-order valence-corrected chi connectivity index (χ1v) is 2.67. The van der Waals surface area contributed by atoms with Gasteiger partial charge < -0.3 is 0 Å². The van der Waals surface area contributed by atoms with E-state index < -0.39 is 0 Å². The average Bonchev–Trinajstić information content (AvgIpc) is 1.98. The molecular weight excluding hydrogens is 112 g/mol. The summed E-state index contributed by atoms with van der Waals surface area (Å²) in [5.41, 5.74) is 1.90. The summed E-state index contributed by atoms with van der Waals surface area (Å²) in [6.07, 6.45) is 0. The van der Waals surface area contributed by atoms with Gasteiger partial charge in [0.15, 0.2) is 0 Å². The van der Waals surface area contributed by atoms with Crippen LogP contribution in [-0.2, 0) is 7.05 Å². The molecule has 0 spiro atoms. The van der Waals surface area contributed by atoms with Crippen molar-refractivity contribution in [1.82, 2.24) is 9.78 Å². The maximum absolute atomic E-state index is 5.49. The van der Waals surface area contributed by atoms with Gasteiger partial charge in [0.1, 0.15) is 0 Å². The molecule has 0 saturated heterocycles. The first kappa shape index (κ1) is 6.33. The van der Waals surface area contributed by atoms with Crippen LogP contribution in [0, 0.1) is 20.8 Å². The number of hydrogen-bond acceptors (Lipinski definition) is 1. The van der Waals surface area contributed by atoms with Gasteiger partial charge in [-0.15, -0.1) is 0 Å². The molecule has 1 aromatic heterocycles. The smallest absolute Gasteiger partial charge is 0.0631 e. The molecule has 0 N–H and O–H groups in total.